The van der Waals surface area contributed by atoms with Gasteiger partial charge in [-0.1, -0.05) is 0 Å². The quantitative estimate of drug-likeness (QED) is 0.678. The normalized spacial score (nSPS) is 20.0. The maximum Gasteiger partial charge on any atom is 0.0518 e. The van der Waals surface area contributed by atoms with Crippen LogP contribution in [-0.2, 0) is 4.74 Å². The smallest absolute Gasteiger partial charge is 0.0518 e. The first-order chi connectivity index (χ1) is 7.18. The number of rotatable bonds is 6. The molecule has 1 rings (SSSR count). The van der Waals surface area contributed by atoms with Gasteiger partial charge in [-0.2, -0.15) is 0 Å². The van der Waals surface area contributed by atoms with E-state index in [1.54, 1.807) is 0 Å². The minimum Gasteiger partial charge on any atom is -0.379 e. The SMILES string of the molecule is CC(C)OCCCNC1CCN(C)CC1. The number of nitrogens with zero attached hydrogens (tertiary/aromatic N) is 1. The van der Waals surface area contributed by atoms with Gasteiger partial charge >= 0.3 is 0 Å². The average molecular weight is 214 g/mol. The summed E-state index contributed by atoms with van der Waals surface area (Å²) in [5.41, 5.74) is 0. The van der Waals surface area contributed by atoms with Gasteiger partial charge in [0.25, 0.3) is 0 Å². The van der Waals surface area contributed by atoms with Crippen molar-refractivity contribution in [2.45, 2.75) is 45.3 Å². The molecule has 0 aromatic rings. The van der Waals surface area contributed by atoms with E-state index >= 15 is 0 Å². The molecule has 0 saturated carbocycles. The van der Waals surface area contributed by atoms with Gasteiger partial charge < -0.3 is 15.0 Å². The monoisotopic (exact) mass is 214 g/mol. The summed E-state index contributed by atoms with van der Waals surface area (Å²) >= 11 is 0. The number of piperidine rings is 1. The Hall–Kier alpha value is -0.120. The zero-order valence-corrected chi connectivity index (χ0v) is 10.5. The van der Waals surface area contributed by atoms with Crippen molar-refractivity contribution in [1.29, 1.82) is 0 Å². The van der Waals surface area contributed by atoms with Crippen LogP contribution in [0.3, 0.4) is 0 Å². The molecule has 3 nitrogen and oxygen atoms in total. The molecule has 90 valence electrons. The van der Waals surface area contributed by atoms with Crippen molar-refractivity contribution in [3.63, 3.8) is 0 Å². The third-order valence-corrected chi connectivity index (χ3v) is 2.92. The fourth-order valence-corrected chi connectivity index (χ4v) is 1.91. The van der Waals surface area contributed by atoms with Gasteiger partial charge in [0.05, 0.1) is 6.10 Å². The highest BCUT2D eigenvalue weighted by molar-refractivity contribution is 4.75. The molecule has 0 atom stereocenters. The Morgan fingerprint density at radius 2 is 2.00 bits per heavy atom. The molecule has 0 spiro atoms. The van der Waals surface area contributed by atoms with E-state index in [2.05, 4.69) is 31.1 Å². The third kappa shape index (κ3) is 6.13. The lowest BCUT2D eigenvalue weighted by atomic mass is 10.1. The first-order valence-electron chi connectivity index (χ1n) is 6.22. The second-order valence-corrected chi connectivity index (χ2v) is 4.80. The largest absolute Gasteiger partial charge is 0.379 e. The van der Waals surface area contributed by atoms with Crippen LogP contribution >= 0.6 is 0 Å². The van der Waals surface area contributed by atoms with Crippen molar-refractivity contribution in [1.82, 2.24) is 10.2 Å². The second kappa shape index (κ2) is 7.20. The lowest BCUT2D eigenvalue weighted by Gasteiger charge is -2.29. The Balaban J connectivity index is 1.91. The Morgan fingerprint density at radius 1 is 1.33 bits per heavy atom. The van der Waals surface area contributed by atoms with Crippen LogP contribution in [0.2, 0.25) is 0 Å². The van der Waals surface area contributed by atoms with E-state index < -0.39 is 0 Å². The van der Waals surface area contributed by atoms with E-state index in [-0.39, 0.29) is 0 Å². The maximum absolute atomic E-state index is 5.50. The highest BCUT2D eigenvalue weighted by atomic mass is 16.5. The first kappa shape index (κ1) is 12.9. The fourth-order valence-electron chi connectivity index (χ4n) is 1.91. The summed E-state index contributed by atoms with van der Waals surface area (Å²) in [6.45, 7) is 8.63. The molecule has 1 N–H and O–H groups in total. The van der Waals surface area contributed by atoms with Crippen LogP contribution < -0.4 is 5.32 Å². The zero-order chi connectivity index (χ0) is 11.1. The second-order valence-electron chi connectivity index (χ2n) is 4.80. The lowest BCUT2D eigenvalue weighted by Crippen LogP contribution is -2.41. The molecule has 1 saturated heterocycles. The molecule has 1 fully saturated rings. The van der Waals surface area contributed by atoms with Gasteiger partial charge in [-0.15, -0.1) is 0 Å². The summed E-state index contributed by atoms with van der Waals surface area (Å²) in [6.07, 6.45) is 4.08. The molecule has 0 unspecified atom stereocenters. The number of hydrogen-bond acceptors (Lipinski definition) is 3. The predicted molar refractivity (Wildman–Crippen MR) is 64.2 cm³/mol. The number of likely N-dealkylation sites (tertiary alicyclic amines) is 1. The van der Waals surface area contributed by atoms with Crippen LogP contribution in [0.15, 0.2) is 0 Å². The van der Waals surface area contributed by atoms with Gasteiger partial charge in [-0.05, 0) is 59.8 Å². The highest BCUT2D eigenvalue weighted by Gasteiger charge is 2.15. The van der Waals surface area contributed by atoms with E-state index in [1.165, 1.54) is 25.9 Å². The van der Waals surface area contributed by atoms with Gasteiger partial charge in [0.15, 0.2) is 0 Å². The predicted octanol–water partition coefficient (Wildman–Crippen LogP) is 1.49. The third-order valence-electron chi connectivity index (χ3n) is 2.92. The van der Waals surface area contributed by atoms with Crippen LogP contribution in [0.1, 0.15) is 33.1 Å². The molecule has 1 heterocycles. The molecule has 0 aliphatic carbocycles. The molecular formula is C12H26N2O. The Bertz CT molecular complexity index is 154. The van der Waals surface area contributed by atoms with Crippen molar-refractivity contribution in [3.8, 4) is 0 Å². The Morgan fingerprint density at radius 3 is 2.60 bits per heavy atom. The van der Waals surface area contributed by atoms with Gasteiger partial charge in [0.2, 0.25) is 0 Å². The summed E-state index contributed by atoms with van der Waals surface area (Å²) in [7, 11) is 2.20. The minimum absolute atomic E-state index is 0.369. The molecule has 1 aliphatic rings. The topological polar surface area (TPSA) is 24.5 Å². The van der Waals surface area contributed by atoms with Crippen LogP contribution in [0.5, 0.6) is 0 Å². The van der Waals surface area contributed by atoms with Crippen molar-refractivity contribution >= 4 is 0 Å². The van der Waals surface area contributed by atoms with Crippen molar-refractivity contribution in [2.75, 3.05) is 33.3 Å². The number of ether oxygens (including phenoxy) is 1. The van der Waals surface area contributed by atoms with E-state index in [0.29, 0.717) is 6.10 Å². The van der Waals surface area contributed by atoms with Crippen molar-refractivity contribution in [3.05, 3.63) is 0 Å². The summed E-state index contributed by atoms with van der Waals surface area (Å²) in [5, 5.41) is 3.61. The average Bonchev–Trinajstić information content (AvgIpc) is 2.20. The lowest BCUT2D eigenvalue weighted by molar-refractivity contribution is 0.0762. The van der Waals surface area contributed by atoms with E-state index in [0.717, 1.165) is 25.6 Å². The highest BCUT2D eigenvalue weighted by Crippen LogP contribution is 2.07. The number of hydrogen-bond donors (Lipinski definition) is 1. The molecule has 0 radical (unpaired) electrons. The number of nitrogens with one attached hydrogen (secondary N) is 1. The Labute approximate surface area is 94.2 Å². The summed E-state index contributed by atoms with van der Waals surface area (Å²) in [5.74, 6) is 0. The fraction of sp³-hybridized carbons (Fsp3) is 1.00. The summed E-state index contributed by atoms with van der Waals surface area (Å²) in [4.78, 5) is 2.40. The molecule has 1 aliphatic heterocycles. The van der Waals surface area contributed by atoms with Crippen LogP contribution in [0.25, 0.3) is 0 Å². The van der Waals surface area contributed by atoms with Gasteiger partial charge in [0.1, 0.15) is 0 Å². The van der Waals surface area contributed by atoms with Crippen molar-refractivity contribution < 1.29 is 4.74 Å². The maximum atomic E-state index is 5.50. The molecule has 0 aromatic heterocycles. The molecule has 0 amide bonds. The van der Waals surface area contributed by atoms with Crippen LogP contribution in [0, 0.1) is 0 Å². The van der Waals surface area contributed by atoms with E-state index in [4.69, 9.17) is 4.74 Å². The van der Waals surface area contributed by atoms with Gasteiger partial charge in [0, 0.05) is 12.6 Å². The van der Waals surface area contributed by atoms with Gasteiger partial charge in [-0.3, -0.25) is 0 Å². The summed E-state index contributed by atoms with van der Waals surface area (Å²) in [6, 6.07) is 0.736. The molecular weight excluding hydrogens is 188 g/mol. The Kier molecular flexibility index (Phi) is 6.22. The zero-order valence-electron chi connectivity index (χ0n) is 10.5. The summed E-state index contributed by atoms with van der Waals surface area (Å²) < 4.78 is 5.50. The van der Waals surface area contributed by atoms with Crippen LogP contribution in [0.4, 0.5) is 0 Å². The van der Waals surface area contributed by atoms with Crippen molar-refractivity contribution in [2.24, 2.45) is 0 Å². The standard InChI is InChI=1S/C12H26N2O/c1-11(2)15-10-4-7-13-12-5-8-14(3)9-6-12/h11-13H,4-10H2,1-3H3. The first-order valence-corrected chi connectivity index (χ1v) is 6.22. The molecule has 0 bridgehead atoms. The molecule has 3 heteroatoms. The van der Waals surface area contributed by atoms with E-state index in [1.807, 2.05) is 0 Å². The van der Waals surface area contributed by atoms with E-state index in [9.17, 15) is 0 Å². The molecule has 0 aromatic carbocycles. The minimum atomic E-state index is 0.369. The molecule has 15 heavy (non-hydrogen) atoms. The van der Waals surface area contributed by atoms with Gasteiger partial charge in [-0.25, -0.2) is 0 Å². The van der Waals surface area contributed by atoms with Crippen LogP contribution in [-0.4, -0.2) is 50.3 Å².